The van der Waals surface area contributed by atoms with Gasteiger partial charge in [0.05, 0.1) is 19.0 Å². The molecule has 1 atom stereocenters. The molecule has 1 heterocycles. The normalized spacial score (nSPS) is 21.2. The second-order valence-electron chi connectivity index (χ2n) is 5.08. The van der Waals surface area contributed by atoms with Crippen LogP contribution < -0.4 is 5.32 Å². The third kappa shape index (κ3) is 6.49. The molecule has 1 rings (SSSR count). The molecule has 0 bridgehead atoms. The molecule has 0 aliphatic carbocycles. The summed E-state index contributed by atoms with van der Waals surface area (Å²) in [5.74, 6) is 0.479. The van der Waals surface area contributed by atoms with Gasteiger partial charge in [-0.1, -0.05) is 0 Å². The molecule has 6 nitrogen and oxygen atoms in total. The SMILES string of the molecule is CCOCCS(=O)(=O)N1CCCC(CNCCOC)C1. The maximum absolute atomic E-state index is 12.2. The van der Waals surface area contributed by atoms with Crippen LogP contribution in [0.1, 0.15) is 19.8 Å². The summed E-state index contributed by atoms with van der Waals surface area (Å²) in [6.45, 7) is 6.31. The first-order chi connectivity index (χ1) is 9.60. The Labute approximate surface area is 122 Å². The highest BCUT2D eigenvalue weighted by atomic mass is 32.2. The zero-order valence-electron chi connectivity index (χ0n) is 12.6. The van der Waals surface area contributed by atoms with E-state index in [1.54, 1.807) is 11.4 Å². The van der Waals surface area contributed by atoms with E-state index in [-0.39, 0.29) is 12.4 Å². The van der Waals surface area contributed by atoms with Crippen LogP contribution in [-0.2, 0) is 19.5 Å². The van der Waals surface area contributed by atoms with Gasteiger partial charge in [-0.05, 0) is 32.2 Å². The molecule has 0 aromatic heterocycles. The van der Waals surface area contributed by atoms with Crippen molar-refractivity contribution in [2.24, 2.45) is 5.92 Å². The number of hydrogen-bond acceptors (Lipinski definition) is 5. The summed E-state index contributed by atoms with van der Waals surface area (Å²) in [7, 11) is -1.49. The molecule has 120 valence electrons. The van der Waals surface area contributed by atoms with E-state index in [9.17, 15) is 8.42 Å². The number of piperidine rings is 1. The Morgan fingerprint density at radius 1 is 1.35 bits per heavy atom. The summed E-state index contributed by atoms with van der Waals surface area (Å²) in [6, 6.07) is 0. The molecular weight excluding hydrogens is 280 g/mol. The number of methoxy groups -OCH3 is 1. The summed E-state index contributed by atoms with van der Waals surface area (Å²) in [6.07, 6.45) is 2.02. The van der Waals surface area contributed by atoms with E-state index in [1.807, 2.05) is 6.92 Å². The molecule has 0 amide bonds. The van der Waals surface area contributed by atoms with Crippen LogP contribution in [0.2, 0.25) is 0 Å². The molecule has 1 aliphatic heterocycles. The average Bonchev–Trinajstić information content (AvgIpc) is 2.44. The van der Waals surface area contributed by atoms with Gasteiger partial charge < -0.3 is 14.8 Å². The van der Waals surface area contributed by atoms with Crippen molar-refractivity contribution in [3.8, 4) is 0 Å². The van der Waals surface area contributed by atoms with E-state index in [0.717, 1.165) is 25.9 Å². The van der Waals surface area contributed by atoms with Gasteiger partial charge >= 0.3 is 0 Å². The highest BCUT2D eigenvalue weighted by Gasteiger charge is 2.28. The molecular formula is C13H28N2O4S. The minimum Gasteiger partial charge on any atom is -0.383 e. The van der Waals surface area contributed by atoms with Gasteiger partial charge in [-0.2, -0.15) is 0 Å². The Balaban J connectivity index is 2.35. The molecule has 0 radical (unpaired) electrons. The van der Waals surface area contributed by atoms with E-state index in [2.05, 4.69) is 5.32 Å². The van der Waals surface area contributed by atoms with Crippen LogP contribution in [0.25, 0.3) is 0 Å². The van der Waals surface area contributed by atoms with Gasteiger partial charge in [0.15, 0.2) is 0 Å². The van der Waals surface area contributed by atoms with Crippen molar-refractivity contribution in [1.82, 2.24) is 9.62 Å². The van der Waals surface area contributed by atoms with Gasteiger partial charge in [-0.15, -0.1) is 0 Å². The van der Waals surface area contributed by atoms with Crippen LogP contribution in [0, 0.1) is 5.92 Å². The van der Waals surface area contributed by atoms with Crippen LogP contribution in [0.3, 0.4) is 0 Å². The maximum atomic E-state index is 12.2. The van der Waals surface area contributed by atoms with Gasteiger partial charge in [-0.25, -0.2) is 12.7 Å². The molecule has 1 saturated heterocycles. The number of nitrogens with zero attached hydrogens (tertiary/aromatic N) is 1. The van der Waals surface area contributed by atoms with Crippen LogP contribution in [-0.4, -0.2) is 71.6 Å². The van der Waals surface area contributed by atoms with Crippen LogP contribution in [0.4, 0.5) is 0 Å². The van der Waals surface area contributed by atoms with E-state index < -0.39 is 10.0 Å². The zero-order chi connectivity index (χ0) is 14.8. The molecule has 0 aromatic carbocycles. The van der Waals surface area contributed by atoms with Crippen molar-refractivity contribution in [2.45, 2.75) is 19.8 Å². The fraction of sp³-hybridized carbons (Fsp3) is 1.00. The average molecular weight is 308 g/mol. The van der Waals surface area contributed by atoms with E-state index >= 15 is 0 Å². The third-order valence-corrected chi connectivity index (χ3v) is 5.28. The predicted molar refractivity (Wildman–Crippen MR) is 79.3 cm³/mol. The molecule has 0 aromatic rings. The second-order valence-corrected chi connectivity index (χ2v) is 7.16. The van der Waals surface area contributed by atoms with Gasteiger partial charge in [0.2, 0.25) is 10.0 Å². The van der Waals surface area contributed by atoms with Crippen molar-refractivity contribution in [2.75, 3.05) is 58.9 Å². The molecule has 0 saturated carbocycles. The molecule has 0 spiro atoms. The van der Waals surface area contributed by atoms with Gasteiger partial charge in [-0.3, -0.25) is 0 Å². The minimum atomic E-state index is -3.17. The minimum absolute atomic E-state index is 0.0880. The van der Waals surface area contributed by atoms with E-state index in [1.165, 1.54) is 0 Å². The van der Waals surface area contributed by atoms with Crippen LogP contribution in [0.15, 0.2) is 0 Å². The monoisotopic (exact) mass is 308 g/mol. The van der Waals surface area contributed by atoms with Gasteiger partial charge in [0.1, 0.15) is 0 Å². The van der Waals surface area contributed by atoms with Crippen LogP contribution in [0.5, 0.6) is 0 Å². The lowest BCUT2D eigenvalue weighted by molar-refractivity contribution is 0.161. The molecule has 1 aliphatic rings. The molecule has 7 heteroatoms. The number of sulfonamides is 1. The quantitative estimate of drug-likeness (QED) is 0.588. The van der Waals surface area contributed by atoms with Crippen molar-refractivity contribution in [3.63, 3.8) is 0 Å². The highest BCUT2D eigenvalue weighted by Crippen LogP contribution is 2.18. The lowest BCUT2D eigenvalue weighted by Gasteiger charge is -2.32. The van der Waals surface area contributed by atoms with Crippen LogP contribution >= 0.6 is 0 Å². The first kappa shape index (κ1) is 17.8. The number of hydrogen-bond donors (Lipinski definition) is 1. The number of rotatable bonds is 10. The Kier molecular flexibility index (Phi) is 8.63. The first-order valence-electron chi connectivity index (χ1n) is 7.35. The second kappa shape index (κ2) is 9.68. The summed E-state index contributed by atoms with van der Waals surface area (Å²) in [5.41, 5.74) is 0. The largest absolute Gasteiger partial charge is 0.383 e. The van der Waals surface area contributed by atoms with Crippen molar-refractivity contribution >= 4 is 10.0 Å². The Morgan fingerprint density at radius 2 is 2.15 bits per heavy atom. The van der Waals surface area contributed by atoms with E-state index in [0.29, 0.717) is 32.2 Å². The molecule has 1 N–H and O–H groups in total. The van der Waals surface area contributed by atoms with Crippen molar-refractivity contribution in [3.05, 3.63) is 0 Å². The Hall–Kier alpha value is -0.210. The fourth-order valence-electron chi connectivity index (χ4n) is 2.36. The zero-order valence-corrected chi connectivity index (χ0v) is 13.5. The summed E-state index contributed by atoms with van der Waals surface area (Å²) in [4.78, 5) is 0. The first-order valence-corrected chi connectivity index (χ1v) is 8.96. The van der Waals surface area contributed by atoms with Gasteiger partial charge in [0.25, 0.3) is 0 Å². The van der Waals surface area contributed by atoms with Crippen molar-refractivity contribution in [1.29, 1.82) is 0 Å². The maximum Gasteiger partial charge on any atom is 0.216 e. The smallest absolute Gasteiger partial charge is 0.216 e. The number of nitrogens with one attached hydrogen (secondary N) is 1. The summed E-state index contributed by atoms with van der Waals surface area (Å²) < 4.78 is 36.1. The fourth-order valence-corrected chi connectivity index (χ4v) is 3.80. The predicted octanol–water partition coefficient (Wildman–Crippen LogP) is 0.301. The standard InChI is InChI=1S/C13H28N2O4S/c1-3-19-9-10-20(16,17)15-7-4-5-13(12-15)11-14-6-8-18-2/h13-14H,3-12H2,1-2H3. The molecule has 20 heavy (non-hydrogen) atoms. The molecule has 1 unspecified atom stereocenters. The van der Waals surface area contributed by atoms with Gasteiger partial charge in [0, 0.05) is 33.4 Å². The highest BCUT2D eigenvalue weighted by molar-refractivity contribution is 7.89. The Morgan fingerprint density at radius 3 is 2.85 bits per heavy atom. The lowest BCUT2D eigenvalue weighted by Crippen LogP contribution is -2.44. The molecule has 1 fully saturated rings. The topological polar surface area (TPSA) is 67.9 Å². The summed E-state index contributed by atoms with van der Waals surface area (Å²) >= 11 is 0. The lowest BCUT2D eigenvalue weighted by atomic mass is 10.00. The third-order valence-electron chi connectivity index (χ3n) is 3.48. The number of ether oxygens (including phenoxy) is 2. The van der Waals surface area contributed by atoms with E-state index in [4.69, 9.17) is 9.47 Å². The van der Waals surface area contributed by atoms with Crippen molar-refractivity contribution < 1.29 is 17.9 Å². The summed E-state index contributed by atoms with van der Waals surface area (Å²) in [5, 5.41) is 3.31. The Bertz CT molecular complexity index is 348.